The van der Waals surface area contributed by atoms with Gasteiger partial charge in [0.05, 0.1) is 5.56 Å². The second-order valence-electron chi connectivity index (χ2n) is 4.81. The van der Waals surface area contributed by atoms with Crippen LogP contribution in [0.3, 0.4) is 0 Å². The van der Waals surface area contributed by atoms with Gasteiger partial charge in [-0.3, -0.25) is 4.79 Å². The highest BCUT2D eigenvalue weighted by Crippen LogP contribution is 2.20. The van der Waals surface area contributed by atoms with Crippen LogP contribution < -0.4 is 5.32 Å². The van der Waals surface area contributed by atoms with Crippen molar-refractivity contribution in [1.29, 1.82) is 0 Å². The molecule has 0 radical (unpaired) electrons. The summed E-state index contributed by atoms with van der Waals surface area (Å²) in [4.78, 5) is 14.7. The number of halogens is 2. The van der Waals surface area contributed by atoms with E-state index in [2.05, 4.69) is 55.7 Å². The molecule has 1 aromatic rings. The van der Waals surface area contributed by atoms with Crippen molar-refractivity contribution in [3.8, 4) is 0 Å². The van der Waals surface area contributed by atoms with Crippen LogP contribution in [0.1, 0.15) is 30.1 Å². The van der Waals surface area contributed by atoms with E-state index in [0.717, 1.165) is 46.1 Å². The molecule has 0 saturated carbocycles. The number of carbonyl (C=O) groups is 1. The molecule has 1 aromatic carbocycles. The van der Waals surface area contributed by atoms with Gasteiger partial charge in [0.15, 0.2) is 0 Å². The third kappa shape index (κ3) is 4.16. The van der Waals surface area contributed by atoms with E-state index >= 15 is 0 Å². The van der Waals surface area contributed by atoms with E-state index in [9.17, 15) is 4.79 Å². The average molecular weight is 437 g/mol. The number of piperidine rings is 1. The number of carbonyl (C=O) groups excluding carboxylic acids is 1. The van der Waals surface area contributed by atoms with E-state index in [-0.39, 0.29) is 5.91 Å². The fourth-order valence-electron chi connectivity index (χ4n) is 2.33. The van der Waals surface area contributed by atoms with E-state index in [1.807, 2.05) is 18.2 Å². The Morgan fingerprint density at radius 3 is 2.79 bits per heavy atom. The van der Waals surface area contributed by atoms with Crippen molar-refractivity contribution < 1.29 is 4.79 Å². The van der Waals surface area contributed by atoms with E-state index < -0.39 is 0 Å². The van der Waals surface area contributed by atoms with Gasteiger partial charge in [-0.05, 0) is 76.1 Å². The summed E-state index contributed by atoms with van der Waals surface area (Å²) < 4.78 is 1.93. The topological polar surface area (TPSA) is 32.3 Å². The standard InChI is InChI=1S/C14H18BrIN2O/c1-2-18-7-5-11(6-8-18)17-14(19)12-9-10(16)3-4-13(12)15/h3-4,9,11H,2,5-8H2,1H3,(H,17,19). The number of likely N-dealkylation sites (tertiary alicyclic amines) is 1. The molecule has 0 atom stereocenters. The summed E-state index contributed by atoms with van der Waals surface area (Å²) in [5.74, 6) is 0.0281. The maximum absolute atomic E-state index is 12.3. The minimum absolute atomic E-state index is 0.0281. The van der Waals surface area contributed by atoms with E-state index in [0.29, 0.717) is 6.04 Å². The van der Waals surface area contributed by atoms with E-state index in [1.54, 1.807) is 0 Å². The second-order valence-corrected chi connectivity index (χ2v) is 6.91. The largest absolute Gasteiger partial charge is 0.349 e. The van der Waals surface area contributed by atoms with Crippen molar-refractivity contribution in [3.05, 3.63) is 31.8 Å². The highest BCUT2D eigenvalue weighted by atomic mass is 127. The fraction of sp³-hybridized carbons (Fsp3) is 0.500. The molecule has 104 valence electrons. The minimum Gasteiger partial charge on any atom is -0.349 e. The van der Waals surface area contributed by atoms with Gasteiger partial charge in [0.1, 0.15) is 0 Å². The van der Waals surface area contributed by atoms with Crippen molar-refractivity contribution in [2.24, 2.45) is 0 Å². The molecular weight excluding hydrogens is 419 g/mol. The first-order valence-corrected chi connectivity index (χ1v) is 8.45. The van der Waals surface area contributed by atoms with Crippen molar-refractivity contribution >= 4 is 44.4 Å². The van der Waals surface area contributed by atoms with Gasteiger partial charge in [-0.15, -0.1) is 0 Å². The highest BCUT2D eigenvalue weighted by Gasteiger charge is 2.21. The SMILES string of the molecule is CCN1CCC(NC(=O)c2cc(I)ccc2Br)CC1. The van der Waals surface area contributed by atoms with Gasteiger partial charge in [0.25, 0.3) is 5.91 Å². The predicted octanol–water partition coefficient (Wildman–Crippen LogP) is 3.27. The molecule has 3 nitrogen and oxygen atoms in total. The van der Waals surface area contributed by atoms with Gasteiger partial charge in [-0.2, -0.15) is 0 Å². The Morgan fingerprint density at radius 1 is 1.47 bits per heavy atom. The van der Waals surface area contributed by atoms with Crippen LogP contribution in [-0.4, -0.2) is 36.5 Å². The van der Waals surface area contributed by atoms with Crippen LogP contribution in [0.25, 0.3) is 0 Å². The molecule has 1 heterocycles. The van der Waals surface area contributed by atoms with Crippen LogP contribution in [0, 0.1) is 3.57 Å². The van der Waals surface area contributed by atoms with Gasteiger partial charge in [0, 0.05) is 27.2 Å². The Balaban J connectivity index is 1.96. The molecule has 19 heavy (non-hydrogen) atoms. The van der Waals surface area contributed by atoms with Crippen LogP contribution in [-0.2, 0) is 0 Å². The summed E-state index contributed by atoms with van der Waals surface area (Å²) in [6.45, 7) is 5.44. The Kier molecular flexibility index (Phi) is 5.65. The summed E-state index contributed by atoms with van der Waals surface area (Å²) in [6, 6.07) is 6.14. The summed E-state index contributed by atoms with van der Waals surface area (Å²) in [5.41, 5.74) is 0.727. The number of rotatable bonds is 3. The lowest BCUT2D eigenvalue weighted by Gasteiger charge is -2.31. The second kappa shape index (κ2) is 7.04. The summed E-state index contributed by atoms with van der Waals surface area (Å²) in [5, 5.41) is 3.15. The molecule has 0 aromatic heterocycles. The Morgan fingerprint density at radius 2 is 2.16 bits per heavy atom. The van der Waals surface area contributed by atoms with Gasteiger partial charge in [-0.1, -0.05) is 6.92 Å². The number of hydrogen-bond acceptors (Lipinski definition) is 2. The molecule has 1 saturated heterocycles. The number of nitrogens with zero attached hydrogens (tertiary/aromatic N) is 1. The summed E-state index contributed by atoms with van der Waals surface area (Å²) >= 11 is 5.67. The minimum atomic E-state index is 0.0281. The van der Waals surface area contributed by atoms with Crippen molar-refractivity contribution in [2.45, 2.75) is 25.8 Å². The number of benzene rings is 1. The lowest BCUT2D eigenvalue weighted by molar-refractivity contribution is 0.0912. The number of nitrogens with one attached hydrogen (secondary N) is 1. The van der Waals surface area contributed by atoms with Crippen LogP contribution in [0.2, 0.25) is 0 Å². The molecular formula is C14H18BrIN2O. The van der Waals surface area contributed by atoms with Gasteiger partial charge < -0.3 is 10.2 Å². The number of amides is 1. The monoisotopic (exact) mass is 436 g/mol. The Hall–Kier alpha value is -0.140. The molecule has 1 fully saturated rings. The summed E-state index contributed by atoms with van der Waals surface area (Å²) in [7, 11) is 0. The molecule has 0 spiro atoms. The normalized spacial score (nSPS) is 17.4. The molecule has 1 aliphatic heterocycles. The quantitative estimate of drug-likeness (QED) is 0.737. The first-order chi connectivity index (χ1) is 9.10. The summed E-state index contributed by atoms with van der Waals surface area (Å²) in [6.07, 6.45) is 2.09. The third-order valence-corrected chi connectivity index (χ3v) is 4.91. The zero-order chi connectivity index (χ0) is 13.8. The first kappa shape index (κ1) is 15.3. The van der Waals surface area contributed by atoms with Gasteiger partial charge in [-0.25, -0.2) is 0 Å². The molecule has 0 aliphatic carbocycles. The maximum atomic E-state index is 12.3. The van der Waals surface area contributed by atoms with Gasteiger partial charge >= 0.3 is 0 Å². The van der Waals surface area contributed by atoms with E-state index in [1.165, 1.54) is 0 Å². The zero-order valence-corrected chi connectivity index (χ0v) is 14.7. The van der Waals surface area contributed by atoms with Crippen LogP contribution in [0.15, 0.2) is 22.7 Å². The smallest absolute Gasteiger partial charge is 0.252 e. The first-order valence-electron chi connectivity index (χ1n) is 6.58. The average Bonchev–Trinajstić information content (AvgIpc) is 2.42. The van der Waals surface area contributed by atoms with Crippen LogP contribution in [0.4, 0.5) is 0 Å². The lowest BCUT2D eigenvalue weighted by Crippen LogP contribution is -2.44. The zero-order valence-electron chi connectivity index (χ0n) is 11.0. The predicted molar refractivity (Wildman–Crippen MR) is 89.5 cm³/mol. The van der Waals surface area contributed by atoms with Crippen molar-refractivity contribution in [3.63, 3.8) is 0 Å². The molecule has 0 bridgehead atoms. The number of hydrogen-bond donors (Lipinski definition) is 1. The van der Waals surface area contributed by atoms with E-state index in [4.69, 9.17) is 0 Å². The molecule has 1 N–H and O–H groups in total. The molecule has 0 unspecified atom stereocenters. The fourth-order valence-corrected chi connectivity index (χ4v) is 3.25. The highest BCUT2D eigenvalue weighted by molar-refractivity contribution is 14.1. The van der Waals surface area contributed by atoms with Crippen molar-refractivity contribution in [1.82, 2.24) is 10.2 Å². The molecule has 2 rings (SSSR count). The molecule has 1 amide bonds. The molecule has 1 aliphatic rings. The Bertz CT molecular complexity index is 459. The van der Waals surface area contributed by atoms with Crippen LogP contribution >= 0.6 is 38.5 Å². The van der Waals surface area contributed by atoms with Crippen LogP contribution in [0.5, 0.6) is 0 Å². The Labute approximate surface area is 136 Å². The van der Waals surface area contributed by atoms with Crippen molar-refractivity contribution in [2.75, 3.05) is 19.6 Å². The molecule has 5 heteroatoms. The lowest BCUT2D eigenvalue weighted by atomic mass is 10.0. The third-order valence-electron chi connectivity index (χ3n) is 3.54. The maximum Gasteiger partial charge on any atom is 0.252 e. The van der Waals surface area contributed by atoms with Gasteiger partial charge in [0.2, 0.25) is 0 Å².